The largest absolute Gasteiger partial charge is 1.00 e. The van der Waals surface area contributed by atoms with Crippen LogP contribution in [0.4, 0.5) is 8.78 Å². The maximum Gasteiger partial charge on any atom is 0.123 e. The lowest BCUT2D eigenvalue weighted by atomic mass is 9.96. The van der Waals surface area contributed by atoms with E-state index in [1.165, 1.54) is 29.8 Å². The van der Waals surface area contributed by atoms with Gasteiger partial charge in [-0.1, -0.05) is 66.7 Å². The molecule has 1 aliphatic heterocycles. The fourth-order valence-corrected chi connectivity index (χ4v) is 4.01. The fraction of sp³-hybridized carbons (Fsp3) is 0.231. The van der Waals surface area contributed by atoms with Crippen molar-refractivity contribution < 1.29 is 33.6 Å². The predicted molar refractivity (Wildman–Crippen MR) is 118 cm³/mol. The van der Waals surface area contributed by atoms with Crippen LogP contribution in [0.25, 0.3) is 6.08 Å². The zero-order chi connectivity index (χ0) is 20.8. The molecule has 1 saturated heterocycles. The number of piperazine rings is 1. The molecule has 0 N–H and O–H groups in total. The summed E-state index contributed by atoms with van der Waals surface area (Å²) in [5.41, 5.74) is 3.27. The molecule has 0 saturated carbocycles. The Balaban J connectivity index is 0.00000181. The number of halogens is 4. The molecule has 4 rings (SSSR count). The van der Waals surface area contributed by atoms with E-state index < -0.39 is 0 Å². The lowest BCUT2D eigenvalue weighted by Gasteiger charge is -2.39. The third-order valence-corrected chi connectivity index (χ3v) is 5.62. The van der Waals surface area contributed by atoms with E-state index in [-0.39, 0.29) is 42.5 Å². The van der Waals surface area contributed by atoms with Gasteiger partial charge in [0, 0.05) is 32.7 Å². The molecule has 1 fully saturated rings. The van der Waals surface area contributed by atoms with Gasteiger partial charge in [-0.05, 0) is 41.0 Å². The SMILES string of the molecule is Fc1ccc(C(c2ccc(F)cc2)N2CCN(CC=Cc3ccccc3)CC2)cc1.[Cl-].[Cl-]. The molecule has 170 valence electrons. The number of hydrogen-bond donors (Lipinski definition) is 0. The second-order valence-electron chi connectivity index (χ2n) is 7.66. The van der Waals surface area contributed by atoms with Gasteiger partial charge in [0.2, 0.25) is 0 Å². The summed E-state index contributed by atoms with van der Waals surface area (Å²) in [6.45, 7) is 4.63. The van der Waals surface area contributed by atoms with E-state index in [2.05, 4.69) is 34.1 Å². The maximum atomic E-state index is 13.5. The normalized spacial score (nSPS) is 14.8. The summed E-state index contributed by atoms with van der Waals surface area (Å²) in [7, 11) is 0. The standard InChI is InChI=1S/C26H26F2N2.2ClH/c27-24-12-8-22(9-13-24)26(23-10-14-25(28)15-11-23)30-19-17-29(18-20-30)16-4-7-21-5-2-1-3-6-21;;/h1-15,26H,16-20H2;2*1H/p-2. The molecule has 1 aliphatic rings. The monoisotopic (exact) mass is 474 g/mol. The molecule has 32 heavy (non-hydrogen) atoms. The summed E-state index contributed by atoms with van der Waals surface area (Å²) in [6.07, 6.45) is 4.37. The van der Waals surface area contributed by atoms with Crippen molar-refractivity contribution in [3.8, 4) is 0 Å². The summed E-state index contributed by atoms with van der Waals surface area (Å²) in [4.78, 5) is 4.83. The average molecular weight is 475 g/mol. The minimum atomic E-state index is -0.244. The molecule has 0 bridgehead atoms. The summed E-state index contributed by atoms with van der Waals surface area (Å²) >= 11 is 0. The quantitative estimate of drug-likeness (QED) is 0.470. The van der Waals surface area contributed by atoms with Crippen molar-refractivity contribution in [1.29, 1.82) is 0 Å². The van der Waals surface area contributed by atoms with Crippen molar-refractivity contribution in [2.45, 2.75) is 6.04 Å². The van der Waals surface area contributed by atoms with Crippen LogP contribution in [0.3, 0.4) is 0 Å². The van der Waals surface area contributed by atoms with Gasteiger partial charge in [-0.3, -0.25) is 9.80 Å². The van der Waals surface area contributed by atoms with Gasteiger partial charge in [0.15, 0.2) is 0 Å². The third-order valence-electron chi connectivity index (χ3n) is 5.62. The molecule has 0 unspecified atom stereocenters. The smallest absolute Gasteiger partial charge is 0.123 e. The number of benzene rings is 3. The van der Waals surface area contributed by atoms with Crippen LogP contribution in [0.2, 0.25) is 0 Å². The molecule has 0 atom stereocenters. The van der Waals surface area contributed by atoms with E-state index in [1.807, 2.05) is 42.5 Å². The van der Waals surface area contributed by atoms with Crippen LogP contribution in [0.1, 0.15) is 22.7 Å². The van der Waals surface area contributed by atoms with Gasteiger partial charge in [0.05, 0.1) is 6.04 Å². The first-order chi connectivity index (χ1) is 14.7. The van der Waals surface area contributed by atoms with Crippen LogP contribution in [0.15, 0.2) is 84.9 Å². The van der Waals surface area contributed by atoms with Gasteiger partial charge < -0.3 is 24.8 Å². The molecular formula is C26H26Cl2F2N2-2. The summed E-state index contributed by atoms with van der Waals surface area (Å²) in [5.74, 6) is -0.488. The lowest BCUT2D eigenvalue weighted by molar-refractivity contribution is -0.001000. The van der Waals surface area contributed by atoms with E-state index in [9.17, 15) is 8.78 Å². The minimum absolute atomic E-state index is 0. The molecule has 0 radical (unpaired) electrons. The van der Waals surface area contributed by atoms with Crippen molar-refractivity contribution in [1.82, 2.24) is 9.80 Å². The predicted octanol–water partition coefficient (Wildman–Crippen LogP) is -0.607. The Morgan fingerprint density at radius 2 is 1.19 bits per heavy atom. The Bertz CT molecular complexity index is 910. The molecule has 3 aromatic rings. The van der Waals surface area contributed by atoms with E-state index >= 15 is 0 Å². The Hall–Kier alpha value is -2.24. The van der Waals surface area contributed by atoms with Crippen LogP contribution >= 0.6 is 0 Å². The first kappa shape index (κ1) is 26.0. The van der Waals surface area contributed by atoms with E-state index in [0.29, 0.717) is 0 Å². The van der Waals surface area contributed by atoms with Crippen LogP contribution < -0.4 is 24.8 Å². The average Bonchev–Trinajstić information content (AvgIpc) is 2.78. The number of hydrogen-bond acceptors (Lipinski definition) is 2. The van der Waals surface area contributed by atoms with Crippen molar-refractivity contribution in [3.63, 3.8) is 0 Å². The fourth-order valence-electron chi connectivity index (χ4n) is 4.01. The first-order valence-electron chi connectivity index (χ1n) is 10.4. The Morgan fingerprint density at radius 3 is 1.69 bits per heavy atom. The highest BCUT2D eigenvalue weighted by Crippen LogP contribution is 2.30. The zero-order valence-corrected chi connectivity index (χ0v) is 19.2. The Morgan fingerprint density at radius 1 is 0.688 bits per heavy atom. The van der Waals surface area contributed by atoms with Crippen LogP contribution in [0, 0.1) is 11.6 Å². The molecule has 1 heterocycles. The molecule has 3 aromatic carbocycles. The van der Waals surface area contributed by atoms with E-state index in [0.717, 1.165) is 43.9 Å². The first-order valence-corrected chi connectivity index (χ1v) is 10.4. The molecule has 0 aliphatic carbocycles. The van der Waals surface area contributed by atoms with Crippen LogP contribution in [0.5, 0.6) is 0 Å². The van der Waals surface area contributed by atoms with Gasteiger partial charge in [-0.25, -0.2) is 8.78 Å². The topological polar surface area (TPSA) is 6.48 Å². The second kappa shape index (κ2) is 12.7. The van der Waals surface area contributed by atoms with Crippen molar-refractivity contribution in [3.05, 3.63) is 113 Å². The van der Waals surface area contributed by atoms with E-state index in [4.69, 9.17) is 0 Å². The highest BCUT2D eigenvalue weighted by atomic mass is 35.5. The maximum absolute atomic E-state index is 13.5. The zero-order valence-electron chi connectivity index (χ0n) is 17.7. The van der Waals surface area contributed by atoms with Crippen LogP contribution in [-0.4, -0.2) is 42.5 Å². The second-order valence-corrected chi connectivity index (χ2v) is 7.66. The summed E-state index contributed by atoms with van der Waals surface area (Å²) in [6, 6.07) is 23.6. The minimum Gasteiger partial charge on any atom is -1.00 e. The molecule has 0 spiro atoms. The summed E-state index contributed by atoms with van der Waals surface area (Å²) < 4.78 is 26.9. The van der Waals surface area contributed by atoms with Crippen molar-refractivity contribution in [2.24, 2.45) is 0 Å². The van der Waals surface area contributed by atoms with Gasteiger partial charge in [0.25, 0.3) is 0 Å². The van der Waals surface area contributed by atoms with E-state index in [1.54, 1.807) is 0 Å². The van der Waals surface area contributed by atoms with Crippen LogP contribution in [-0.2, 0) is 0 Å². The highest BCUT2D eigenvalue weighted by molar-refractivity contribution is 5.48. The Kier molecular flexibility index (Phi) is 10.3. The molecule has 2 nitrogen and oxygen atoms in total. The highest BCUT2D eigenvalue weighted by Gasteiger charge is 2.26. The lowest BCUT2D eigenvalue weighted by Crippen LogP contribution is -3.00. The number of rotatable bonds is 6. The van der Waals surface area contributed by atoms with Crippen molar-refractivity contribution in [2.75, 3.05) is 32.7 Å². The van der Waals surface area contributed by atoms with Crippen molar-refractivity contribution >= 4 is 6.08 Å². The Labute approximate surface area is 201 Å². The molecule has 6 heteroatoms. The molecule has 0 aromatic heterocycles. The third kappa shape index (κ3) is 6.88. The number of nitrogens with zero attached hydrogens (tertiary/aromatic N) is 2. The van der Waals surface area contributed by atoms with Gasteiger partial charge in [0.1, 0.15) is 11.6 Å². The molecular weight excluding hydrogens is 449 g/mol. The van der Waals surface area contributed by atoms with Gasteiger partial charge >= 0.3 is 0 Å². The van der Waals surface area contributed by atoms with Gasteiger partial charge in [-0.2, -0.15) is 0 Å². The summed E-state index contributed by atoms with van der Waals surface area (Å²) in [5, 5.41) is 0. The van der Waals surface area contributed by atoms with Gasteiger partial charge in [-0.15, -0.1) is 0 Å². The molecule has 0 amide bonds.